The van der Waals surface area contributed by atoms with Gasteiger partial charge in [-0.3, -0.25) is 9.59 Å². The zero-order valence-corrected chi connectivity index (χ0v) is 15.1. The first kappa shape index (κ1) is 18.9. The van der Waals surface area contributed by atoms with E-state index in [-0.39, 0.29) is 12.3 Å². The summed E-state index contributed by atoms with van der Waals surface area (Å²) in [4.78, 5) is 26.5. The van der Waals surface area contributed by atoms with Crippen LogP contribution in [0, 0.1) is 11.8 Å². The van der Waals surface area contributed by atoms with E-state index in [2.05, 4.69) is 22.1 Å². The molecule has 0 radical (unpaired) electrons. The van der Waals surface area contributed by atoms with E-state index in [4.69, 9.17) is 5.11 Å². The summed E-state index contributed by atoms with van der Waals surface area (Å²) in [6.07, 6.45) is 5.80. The number of benzene rings is 2. The summed E-state index contributed by atoms with van der Waals surface area (Å²) in [5, 5.41) is 11.3. The molecule has 0 saturated carbocycles. The minimum Gasteiger partial charge on any atom is -0.481 e. The fourth-order valence-corrected chi connectivity index (χ4v) is 2.52. The van der Waals surface area contributed by atoms with Gasteiger partial charge in [-0.2, -0.15) is 0 Å². The highest BCUT2D eigenvalue weighted by Crippen LogP contribution is 2.09. The molecule has 6 nitrogen and oxygen atoms in total. The Labute approximate surface area is 162 Å². The van der Waals surface area contributed by atoms with E-state index in [0.29, 0.717) is 18.5 Å². The van der Waals surface area contributed by atoms with Crippen molar-refractivity contribution in [3.05, 3.63) is 83.9 Å². The molecule has 6 heteroatoms. The number of nitrogens with one attached hydrogen (secondary N) is 1. The monoisotopic (exact) mass is 373 g/mol. The maximum Gasteiger partial charge on any atom is 0.303 e. The van der Waals surface area contributed by atoms with Crippen molar-refractivity contribution in [3.8, 4) is 17.5 Å². The number of carbonyl (C=O) groups excluding carboxylic acids is 1. The Morgan fingerprint density at radius 3 is 2.21 bits per heavy atom. The molecule has 0 fully saturated rings. The van der Waals surface area contributed by atoms with Crippen molar-refractivity contribution in [2.75, 3.05) is 6.54 Å². The number of aromatic nitrogens is 2. The largest absolute Gasteiger partial charge is 0.481 e. The lowest BCUT2D eigenvalue weighted by Crippen LogP contribution is -2.24. The molecule has 2 aromatic carbocycles. The number of carbonyl (C=O) groups is 2. The van der Waals surface area contributed by atoms with Gasteiger partial charge in [-0.05, 0) is 55.0 Å². The van der Waals surface area contributed by atoms with Gasteiger partial charge in [-0.15, -0.1) is 0 Å². The van der Waals surface area contributed by atoms with Gasteiger partial charge in [-0.25, -0.2) is 4.98 Å². The molecule has 0 unspecified atom stereocenters. The fourth-order valence-electron chi connectivity index (χ4n) is 2.52. The van der Waals surface area contributed by atoms with E-state index < -0.39 is 5.97 Å². The fraction of sp³-hybridized carbons (Fsp3) is 0.136. The van der Waals surface area contributed by atoms with Gasteiger partial charge in [0, 0.05) is 47.7 Å². The van der Waals surface area contributed by atoms with Crippen LogP contribution in [0.1, 0.15) is 34.3 Å². The number of hydrogen-bond donors (Lipinski definition) is 2. The Morgan fingerprint density at radius 2 is 1.64 bits per heavy atom. The first-order valence-electron chi connectivity index (χ1n) is 8.82. The van der Waals surface area contributed by atoms with Gasteiger partial charge in [0.05, 0.1) is 6.33 Å². The average molecular weight is 373 g/mol. The van der Waals surface area contributed by atoms with Crippen LogP contribution >= 0.6 is 0 Å². The van der Waals surface area contributed by atoms with Crippen molar-refractivity contribution < 1.29 is 14.7 Å². The summed E-state index contributed by atoms with van der Waals surface area (Å²) in [6.45, 7) is 0.335. The molecule has 28 heavy (non-hydrogen) atoms. The lowest BCUT2D eigenvalue weighted by molar-refractivity contribution is -0.137. The number of aliphatic carboxylic acids is 1. The van der Waals surface area contributed by atoms with Crippen LogP contribution in [-0.2, 0) is 4.79 Å². The molecule has 0 aliphatic heterocycles. The quantitative estimate of drug-likeness (QED) is 0.514. The number of nitrogens with zero attached hydrogens (tertiary/aromatic N) is 2. The van der Waals surface area contributed by atoms with Crippen molar-refractivity contribution in [2.45, 2.75) is 12.8 Å². The Balaban J connectivity index is 1.57. The molecule has 1 aromatic heterocycles. The Hall–Kier alpha value is -3.85. The minimum atomic E-state index is -0.867. The number of carboxylic acids is 1. The molecule has 0 spiro atoms. The van der Waals surface area contributed by atoms with Crippen molar-refractivity contribution >= 4 is 11.9 Å². The average Bonchev–Trinajstić information content (AvgIpc) is 3.25. The molecule has 1 heterocycles. The summed E-state index contributed by atoms with van der Waals surface area (Å²) in [5.74, 6) is 5.09. The molecule has 1 amide bonds. The second-order valence-electron chi connectivity index (χ2n) is 6.10. The summed E-state index contributed by atoms with van der Waals surface area (Å²) in [7, 11) is 0. The van der Waals surface area contributed by atoms with Crippen molar-refractivity contribution in [2.24, 2.45) is 0 Å². The zero-order chi connectivity index (χ0) is 19.8. The highest BCUT2D eigenvalue weighted by atomic mass is 16.4. The standard InChI is InChI=1S/C22H19N3O3/c26-21(27)2-1-13-24-22(28)19-9-5-17(6-10-19)3-4-18-7-11-20(12-8-18)25-15-14-23-16-25/h5-12,14-16H,1-2,13H2,(H,24,28)(H,26,27). The molecule has 3 rings (SSSR count). The van der Waals surface area contributed by atoms with E-state index in [1.807, 2.05) is 35.0 Å². The van der Waals surface area contributed by atoms with Gasteiger partial charge in [0.1, 0.15) is 0 Å². The highest BCUT2D eigenvalue weighted by Gasteiger charge is 2.05. The SMILES string of the molecule is O=C(O)CCCNC(=O)c1ccc(C#Cc2ccc(-n3ccnc3)cc2)cc1. The molecule has 2 N–H and O–H groups in total. The topological polar surface area (TPSA) is 84.2 Å². The van der Waals surface area contributed by atoms with Crippen molar-refractivity contribution in [3.63, 3.8) is 0 Å². The summed E-state index contributed by atoms with van der Waals surface area (Å²) in [6, 6.07) is 14.8. The Morgan fingerprint density at radius 1 is 1.00 bits per heavy atom. The predicted molar refractivity (Wildman–Crippen MR) is 105 cm³/mol. The Bertz CT molecular complexity index is 996. The third-order valence-electron chi connectivity index (χ3n) is 4.02. The number of carboxylic acid groups (broad SMARTS) is 1. The van der Waals surface area contributed by atoms with Gasteiger partial charge in [-0.1, -0.05) is 11.8 Å². The minimum absolute atomic E-state index is 0.0398. The van der Waals surface area contributed by atoms with Gasteiger partial charge < -0.3 is 15.0 Å². The smallest absolute Gasteiger partial charge is 0.303 e. The van der Waals surface area contributed by atoms with Gasteiger partial charge in [0.25, 0.3) is 5.91 Å². The summed E-state index contributed by atoms with van der Waals surface area (Å²) in [5.41, 5.74) is 3.23. The lowest BCUT2D eigenvalue weighted by Gasteiger charge is -2.04. The van der Waals surface area contributed by atoms with E-state index >= 15 is 0 Å². The van der Waals surface area contributed by atoms with E-state index in [0.717, 1.165) is 16.8 Å². The van der Waals surface area contributed by atoms with E-state index in [9.17, 15) is 9.59 Å². The number of amides is 1. The molecule has 0 bridgehead atoms. The molecular formula is C22H19N3O3. The third kappa shape index (κ3) is 5.32. The van der Waals surface area contributed by atoms with E-state index in [1.165, 1.54) is 0 Å². The van der Waals surface area contributed by atoms with Crippen LogP contribution in [0.4, 0.5) is 0 Å². The van der Waals surface area contributed by atoms with Crippen LogP contribution in [0.15, 0.2) is 67.3 Å². The second-order valence-corrected chi connectivity index (χ2v) is 6.10. The van der Waals surface area contributed by atoms with Gasteiger partial charge >= 0.3 is 5.97 Å². The number of hydrogen-bond acceptors (Lipinski definition) is 3. The van der Waals surface area contributed by atoms with Gasteiger partial charge in [0.2, 0.25) is 0 Å². The predicted octanol–water partition coefficient (Wildman–Crippen LogP) is 2.87. The molecule has 0 aliphatic rings. The normalized spacial score (nSPS) is 10.0. The molecular weight excluding hydrogens is 354 g/mol. The van der Waals surface area contributed by atoms with Crippen molar-refractivity contribution in [1.82, 2.24) is 14.9 Å². The maximum atomic E-state index is 12.0. The van der Waals surface area contributed by atoms with Crippen LogP contribution in [0.5, 0.6) is 0 Å². The van der Waals surface area contributed by atoms with Crippen molar-refractivity contribution in [1.29, 1.82) is 0 Å². The van der Waals surface area contributed by atoms with E-state index in [1.54, 1.807) is 36.8 Å². The summed E-state index contributed by atoms with van der Waals surface area (Å²) >= 11 is 0. The molecule has 0 aliphatic carbocycles. The highest BCUT2D eigenvalue weighted by molar-refractivity contribution is 5.94. The van der Waals surface area contributed by atoms with Crippen LogP contribution in [0.25, 0.3) is 5.69 Å². The number of imidazole rings is 1. The number of rotatable bonds is 6. The Kier molecular flexibility index (Phi) is 6.21. The first-order chi connectivity index (χ1) is 13.6. The third-order valence-corrected chi connectivity index (χ3v) is 4.02. The molecule has 3 aromatic rings. The second kappa shape index (κ2) is 9.19. The molecule has 0 saturated heterocycles. The first-order valence-corrected chi connectivity index (χ1v) is 8.82. The van der Waals surface area contributed by atoms with Crippen LogP contribution in [0.3, 0.4) is 0 Å². The summed E-state index contributed by atoms with van der Waals surface area (Å²) < 4.78 is 1.92. The van der Waals surface area contributed by atoms with Crippen LogP contribution in [0.2, 0.25) is 0 Å². The van der Waals surface area contributed by atoms with Gasteiger partial charge in [0.15, 0.2) is 0 Å². The lowest BCUT2D eigenvalue weighted by atomic mass is 10.1. The molecule has 0 atom stereocenters. The molecule has 140 valence electrons. The van der Waals surface area contributed by atoms with Crippen LogP contribution in [-0.4, -0.2) is 33.1 Å². The zero-order valence-electron chi connectivity index (χ0n) is 15.1. The van der Waals surface area contributed by atoms with Crippen LogP contribution < -0.4 is 5.32 Å². The maximum absolute atomic E-state index is 12.0.